The van der Waals surface area contributed by atoms with Gasteiger partial charge in [0.05, 0.1) is 5.92 Å². The molecule has 0 N–H and O–H groups in total. The highest BCUT2D eigenvalue weighted by Gasteiger charge is 2.44. The molecule has 2 saturated carbocycles. The molecule has 0 bridgehead atoms. The molecule has 15 heavy (non-hydrogen) atoms. The molecule has 0 heterocycles. The second-order valence-electron chi connectivity index (χ2n) is 5.60. The Kier molecular flexibility index (Phi) is 3.00. The first-order chi connectivity index (χ1) is 6.95. The van der Waals surface area contributed by atoms with Crippen molar-refractivity contribution in [2.75, 3.05) is 0 Å². The summed E-state index contributed by atoms with van der Waals surface area (Å²) < 4.78 is 37.9. The Morgan fingerprint density at radius 3 is 2.20 bits per heavy atom. The molecular formula is C12H19F3. The van der Waals surface area contributed by atoms with E-state index in [-0.39, 0.29) is 5.92 Å². The summed E-state index contributed by atoms with van der Waals surface area (Å²) in [6.07, 6.45) is 1.36. The molecule has 0 nitrogen and oxygen atoms in total. The van der Waals surface area contributed by atoms with E-state index < -0.39 is 12.1 Å². The maximum Gasteiger partial charge on any atom is 0.391 e. The molecule has 3 atom stereocenters. The van der Waals surface area contributed by atoms with E-state index in [2.05, 4.69) is 0 Å². The Bertz CT molecular complexity index is 215. The average Bonchev–Trinajstić information content (AvgIpc) is 2.85. The summed E-state index contributed by atoms with van der Waals surface area (Å²) in [5.74, 6) is 0.334. The predicted molar refractivity (Wildman–Crippen MR) is 53.4 cm³/mol. The standard InChI is InChI=1S/C12H19F3/c1-8-4-10(6-9-2-3-9)7-11(5-8)12(13,14)15/h8-11H,2-7H2,1H3. The van der Waals surface area contributed by atoms with Crippen molar-refractivity contribution in [1.29, 1.82) is 0 Å². The van der Waals surface area contributed by atoms with E-state index in [1.807, 2.05) is 6.92 Å². The zero-order chi connectivity index (χ0) is 11.1. The number of rotatable bonds is 2. The number of halogens is 3. The minimum atomic E-state index is -3.96. The third kappa shape index (κ3) is 3.12. The van der Waals surface area contributed by atoms with Crippen LogP contribution in [-0.2, 0) is 0 Å². The van der Waals surface area contributed by atoms with Crippen molar-refractivity contribution in [2.45, 2.75) is 51.6 Å². The second kappa shape index (κ2) is 3.99. The molecule has 2 aliphatic rings. The summed E-state index contributed by atoms with van der Waals surface area (Å²) in [5, 5.41) is 0. The van der Waals surface area contributed by atoms with Crippen LogP contribution in [0.2, 0.25) is 0 Å². The van der Waals surface area contributed by atoms with E-state index >= 15 is 0 Å². The van der Waals surface area contributed by atoms with Crippen LogP contribution in [0.1, 0.15) is 45.4 Å². The lowest BCUT2D eigenvalue weighted by atomic mass is 9.74. The first kappa shape index (κ1) is 11.3. The van der Waals surface area contributed by atoms with Crippen LogP contribution in [0.5, 0.6) is 0 Å². The van der Waals surface area contributed by atoms with Crippen molar-refractivity contribution >= 4 is 0 Å². The van der Waals surface area contributed by atoms with Crippen LogP contribution in [0.3, 0.4) is 0 Å². The fraction of sp³-hybridized carbons (Fsp3) is 1.00. The van der Waals surface area contributed by atoms with Gasteiger partial charge in [-0.15, -0.1) is 0 Å². The van der Waals surface area contributed by atoms with Gasteiger partial charge in [0.15, 0.2) is 0 Å². The minimum absolute atomic E-state index is 0.258. The number of hydrogen-bond acceptors (Lipinski definition) is 0. The van der Waals surface area contributed by atoms with Crippen LogP contribution in [0.15, 0.2) is 0 Å². The Morgan fingerprint density at radius 1 is 1.00 bits per heavy atom. The minimum Gasteiger partial charge on any atom is -0.171 e. The third-order valence-electron chi connectivity index (χ3n) is 3.87. The molecule has 2 rings (SSSR count). The van der Waals surface area contributed by atoms with Gasteiger partial charge >= 0.3 is 6.18 Å². The van der Waals surface area contributed by atoms with Gasteiger partial charge in [0.1, 0.15) is 0 Å². The van der Waals surface area contributed by atoms with Crippen LogP contribution in [0.4, 0.5) is 13.2 Å². The lowest BCUT2D eigenvalue weighted by Gasteiger charge is -2.34. The SMILES string of the molecule is CC1CC(CC2CC2)CC(C(F)(F)F)C1. The Hall–Kier alpha value is -0.210. The fourth-order valence-electron chi connectivity index (χ4n) is 3.03. The molecule has 88 valence electrons. The highest BCUT2D eigenvalue weighted by atomic mass is 19.4. The van der Waals surface area contributed by atoms with Crippen LogP contribution >= 0.6 is 0 Å². The van der Waals surface area contributed by atoms with Gasteiger partial charge in [0, 0.05) is 0 Å². The smallest absolute Gasteiger partial charge is 0.171 e. The van der Waals surface area contributed by atoms with Crippen molar-refractivity contribution in [3.05, 3.63) is 0 Å². The molecule has 0 amide bonds. The molecule has 0 spiro atoms. The van der Waals surface area contributed by atoms with E-state index in [0.29, 0.717) is 18.8 Å². The molecule has 0 aromatic rings. The summed E-state index contributed by atoms with van der Waals surface area (Å²) in [6.45, 7) is 1.97. The zero-order valence-electron chi connectivity index (χ0n) is 9.19. The van der Waals surface area contributed by atoms with E-state index in [1.165, 1.54) is 12.8 Å². The fourth-order valence-corrected chi connectivity index (χ4v) is 3.03. The summed E-state index contributed by atoms with van der Waals surface area (Å²) in [5.41, 5.74) is 0. The highest BCUT2D eigenvalue weighted by molar-refractivity contribution is 4.85. The lowest BCUT2D eigenvalue weighted by Crippen LogP contribution is -2.32. The monoisotopic (exact) mass is 220 g/mol. The van der Waals surface area contributed by atoms with Crippen molar-refractivity contribution in [1.82, 2.24) is 0 Å². The lowest BCUT2D eigenvalue weighted by molar-refractivity contribution is -0.190. The molecule has 3 unspecified atom stereocenters. The zero-order valence-corrected chi connectivity index (χ0v) is 9.19. The second-order valence-corrected chi connectivity index (χ2v) is 5.60. The summed E-state index contributed by atoms with van der Waals surface area (Å²) in [6, 6.07) is 0. The highest BCUT2D eigenvalue weighted by Crippen LogP contribution is 2.46. The average molecular weight is 220 g/mol. The van der Waals surface area contributed by atoms with Crippen LogP contribution in [0.25, 0.3) is 0 Å². The van der Waals surface area contributed by atoms with Crippen LogP contribution in [0, 0.1) is 23.7 Å². The molecule has 0 aromatic carbocycles. The molecule has 0 aromatic heterocycles. The molecule has 0 aliphatic heterocycles. The Balaban J connectivity index is 1.90. The molecule has 2 aliphatic carbocycles. The predicted octanol–water partition coefficient (Wildman–Crippen LogP) is 4.40. The van der Waals surface area contributed by atoms with Crippen LogP contribution in [-0.4, -0.2) is 6.18 Å². The van der Waals surface area contributed by atoms with Crippen molar-refractivity contribution in [3.63, 3.8) is 0 Å². The molecular weight excluding hydrogens is 201 g/mol. The van der Waals surface area contributed by atoms with E-state index in [4.69, 9.17) is 0 Å². The Morgan fingerprint density at radius 2 is 1.67 bits per heavy atom. The van der Waals surface area contributed by atoms with E-state index in [1.54, 1.807) is 0 Å². The summed E-state index contributed by atoms with van der Waals surface area (Å²) in [4.78, 5) is 0. The van der Waals surface area contributed by atoms with Crippen LogP contribution < -0.4 is 0 Å². The topological polar surface area (TPSA) is 0 Å². The van der Waals surface area contributed by atoms with Gasteiger partial charge in [-0.2, -0.15) is 13.2 Å². The van der Waals surface area contributed by atoms with Crippen molar-refractivity contribution in [3.8, 4) is 0 Å². The van der Waals surface area contributed by atoms with Gasteiger partial charge in [-0.3, -0.25) is 0 Å². The first-order valence-corrected chi connectivity index (χ1v) is 6.02. The molecule has 2 fully saturated rings. The maximum atomic E-state index is 12.6. The number of alkyl halides is 3. The Labute approximate surface area is 89.2 Å². The summed E-state index contributed by atoms with van der Waals surface area (Å²) in [7, 11) is 0. The first-order valence-electron chi connectivity index (χ1n) is 6.02. The number of hydrogen-bond donors (Lipinski definition) is 0. The molecule has 3 heteroatoms. The maximum absolute atomic E-state index is 12.6. The van der Waals surface area contributed by atoms with E-state index in [9.17, 15) is 13.2 Å². The van der Waals surface area contributed by atoms with Gasteiger partial charge in [-0.1, -0.05) is 19.8 Å². The van der Waals surface area contributed by atoms with Gasteiger partial charge in [-0.25, -0.2) is 0 Å². The van der Waals surface area contributed by atoms with Gasteiger partial charge in [0.25, 0.3) is 0 Å². The largest absolute Gasteiger partial charge is 0.391 e. The molecule has 0 radical (unpaired) electrons. The third-order valence-corrected chi connectivity index (χ3v) is 3.87. The van der Waals surface area contributed by atoms with Crippen molar-refractivity contribution < 1.29 is 13.2 Å². The molecule has 0 saturated heterocycles. The van der Waals surface area contributed by atoms with Crippen molar-refractivity contribution in [2.24, 2.45) is 23.7 Å². The quantitative estimate of drug-likeness (QED) is 0.647. The summed E-state index contributed by atoms with van der Waals surface area (Å²) >= 11 is 0. The normalized spacial score (nSPS) is 38.0. The van der Waals surface area contributed by atoms with Gasteiger partial charge in [0.2, 0.25) is 0 Å². The van der Waals surface area contributed by atoms with E-state index in [0.717, 1.165) is 18.8 Å². The van der Waals surface area contributed by atoms with Gasteiger partial charge < -0.3 is 0 Å². The van der Waals surface area contributed by atoms with Gasteiger partial charge in [-0.05, 0) is 43.4 Å².